The number of nitrogens with one attached hydrogen (secondary N) is 2. The second-order valence-electron chi connectivity index (χ2n) is 7.66. The number of benzene rings is 3. The van der Waals surface area contributed by atoms with E-state index in [4.69, 9.17) is 0 Å². The number of hydrogen-bond donors (Lipinski definition) is 2. The summed E-state index contributed by atoms with van der Waals surface area (Å²) in [5.74, 6) is -0.246. The maximum absolute atomic E-state index is 13.0. The van der Waals surface area contributed by atoms with Gasteiger partial charge in [0.1, 0.15) is 0 Å². The predicted molar refractivity (Wildman–Crippen MR) is 128 cm³/mol. The molecule has 0 spiro atoms. The lowest BCUT2D eigenvalue weighted by Crippen LogP contribution is -2.40. The van der Waals surface area contributed by atoms with E-state index in [-0.39, 0.29) is 36.2 Å². The van der Waals surface area contributed by atoms with Crippen molar-refractivity contribution in [2.24, 2.45) is 0 Å². The topological polar surface area (TPSA) is 58.2 Å². The monoisotopic (exact) mass is 478 g/mol. The van der Waals surface area contributed by atoms with E-state index in [9.17, 15) is 9.59 Å². The predicted octanol–water partition coefficient (Wildman–Crippen LogP) is 5.35. The second kappa shape index (κ2) is 10.9. The van der Waals surface area contributed by atoms with Crippen LogP contribution in [-0.4, -0.2) is 17.9 Å². The minimum absolute atomic E-state index is 0.0262. The molecule has 0 aliphatic rings. The normalized spacial score (nSPS) is 12.8. The van der Waals surface area contributed by atoms with Crippen LogP contribution < -0.4 is 10.6 Å². The number of hydrogen-bond acceptors (Lipinski definition) is 2. The number of rotatable bonds is 8. The average Bonchev–Trinajstić information content (AvgIpc) is 2.75. The molecular formula is C26H27BrN2O2. The fourth-order valence-electron chi connectivity index (χ4n) is 3.86. The average molecular weight is 479 g/mol. The molecule has 3 rings (SSSR count). The molecule has 4 nitrogen and oxygen atoms in total. The highest BCUT2D eigenvalue weighted by Crippen LogP contribution is 2.28. The van der Waals surface area contributed by atoms with Crippen molar-refractivity contribution in [2.45, 2.75) is 38.3 Å². The Morgan fingerprint density at radius 1 is 0.774 bits per heavy atom. The van der Waals surface area contributed by atoms with Crippen LogP contribution >= 0.6 is 15.9 Å². The van der Waals surface area contributed by atoms with Crippen LogP contribution in [0.15, 0.2) is 89.4 Å². The van der Waals surface area contributed by atoms with Crippen molar-refractivity contribution < 1.29 is 9.59 Å². The van der Waals surface area contributed by atoms with Crippen molar-refractivity contribution >= 4 is 27.7 Å². The Kier molecular flexibility index (Phi) is 8.01. The molecule has 0 aromatic heterocycles. The minimum Gasteiger partial charge on any atom is -0.353 e. The van der Waals surface area contributed by atoms with E-state index in [1.54, 1.807) is 0 Å². The Bertz CT molecular complexity index is 951. The molecule has 0 fully saturated rings. The van der Waals surface area contributed by atoms with Gasteiger partial charge in [-0.15, -0.1) is 0 Å². The smallest absolute Gasteiger partial charge is 0.222 e. The molecule has 160 valence electrons. The zero-order valence-corrected chi connectivity index (χ0v) is 19.3. The van der Waals surface area contributed by atoms with Crippen LogP contribution in [0.4, 0.5) is 0 Å². The van der Waals surface area contributed by atoms with E-state index in [0.717, 1.165) is 21.2 Å². The van der Waals surface area contributed by atoms with Crippen LogP contribution in [0.3, 0.4) is 0 Å². The molecule has 0 aliphatic heterocycles. The van der Waals surface area contributed by atoms with Gasteiger partial charge < -0.3 is 10.6 Å². The summed E-state index contributed by atoms with van der Waals surface area (Å²) >= 11 is 3.42. The van der Waals surface area contributed by atoms with Gasteiger partial charge in [0.05, 0.1) is 12.5 Å². The fraction of sp³-hybridized carbons (Fsp3) is 0.231. The molecule has 3 aromatic rings. The van der Waals surface area contributed by atoms with Gasteiger partial charge >= 0.3 is 0 Å². The highest BCUT2D eigenvalue weighted by atomic mass is 79.9. The third-order valence-corrected chi connectivity index (χ3v) is 5.77. The molecule has 0 heterocycles. The Labute approximate surface area is 192 Å². The van der Waals surface area contributed by atoms with E-state index in [2.05, 4.69) is 50.8 Å². The lowest BCUT2D eigenvalue weighted by molar-refractivity contribution is -0.123. The van der Waals surface area contributed by atoms with Gasteiger partial charge in [0, 0.05) is 23.4 Å². The van der Waals surface area contributed by atoms with Gasteiger partial charge in [0.2, 0.25) is 11.8 Å². The highest BCUT2D eigenvalue weighted by molar-refractivity contribution is 9.10. The van der Waals surface area contributed by atoms with E-state index >= 15 is 0 Å². The molecular weight excluding hydrogens is 452 g/mol. The van der Waals surface area contributed by atoms with Gasteiger partial charge in [0.25, 0.3) is 0 Å². The number of amides is 2. The third kappa shape index (κ3) is 6.53. The molecule has 0 saturated heterocycles. The van der Waals surface area contributed by atoms with Crippen molar-refractivity contribution in [3.63, 3.8) is 0 Å². The van der Waals surface area contributed by atoms with Crippen LogP contribution in [0.25, 0.3) is 0 Å². The van der Waals surface area contributed by atoms with Crippen LogP contribution in [-0.2, 0) is 9.59 Å². The summed E-state index contributed by atoms with van der Waals surface area (Å²) in [4.78, 5) is 24.7. The van der Waals surface area contributed by atoms with E-state index in [1.165, 1.54) is 6.92 Å². The lowest BCUT2D eigenvalue weighted by Gasteiger charge is -2.27. The van der Waals surface area contributed by atoms with Crippen molar-refractivity contribution in [3.8, 4) is 0 Å². The van der Waals surface area contributed by atoms with Crippen molar-refractivity contribution in [1.29, 1.82) is 0 Å². The maximum Gasteiger partial charge on any atom is 0.222 e. The molecule has 0 aliphatic carbocycles. The fourth-order valence-corrected chi connectivity index (χ4v) is 4.13. The summed E-state index contributed by atoms with van der Waals surface area (Å²) in [5.41, 5.74) is 3.18. The molecule has 0 radical (unpaired) electrons. The first-order valence-electron chi connectivity index (χ1n) is 10.4. The zero-order valence-electron chi connectivity index (χ0n) is 17.7. The van der Waals surface area contributed by atoms with E-state index in [1.807, 2.05) is 67.6 Å². The summed E-state index contributed by atoms with van der Waals surface area (Å²) < 4.78 is 0.949. The molecule has 2 N–H and O–H groups in total. The Morgan fingerprint density at radius 2 is 1.29 bits per heavy atom. The standard InChI is InChI=1S/C26H27BrN2O2/c1-18(26(21-9-5-3-6-10-21)22-11-7-4-8-12-22)28-25(31)17-24(29-19(2)30)20-13-15-23(27)16-14-20/h3-16,18,24,26H,17H2,1-2H3,(H,28,31)(H,29,30). The first-order chi connectivity index (χ1) is 14.9. The second-order valence-corrected chi connectivity index (χ2v) is 8.58. The van der Waals surface area contributed by atoms with Crippen molar-refractivity contribution in [1.82, 2.24) is 10.6 Å². The first kappa shape index (κ1) is 22.8. The Hall–Kier alpha value is -2.92. The zero-order chi connectivity index (χ0) is 22.2. The van der Waals surface area contributed by atoms with Gasteiger partial charge in [-0.25, -0.2) is 0 Å². The molecule has 2 unspecified atom stereocenters. The van der Waals surface area contributed by atoms with Gasteiger partial charge in [-0.3, -0.25) is 9.59 Å². The summed E-state index contributed by atoms with van der Waals surface area (Å²) in [5, 5.41) is 6.06. The SMILES string of the molecule is CC(=O)NC(CC(=O)NC(C)C(c1ccccc1)c1ccccc1)c1ccc(Br)cc1. The van der Waals surface area contributed by atoms with Crippen LogP contribution in [0, 0.1) is 0 Å². The highest BCUT2D eigenvalue weighted by Gasteiger charge is 2.24. The lowest BCUT2D eigenvalue weighted by atomic mass is 9.85. The van der Waals surface area contributed by atoms with Crippen molar-refractivity contribution in [3.05, 3.63) is 106 Å². The summed E-state index contributed by atoms with van der Waals surface area (Å²) in [7, 11) is 0. The van der Waals surface area contributed by atoms with Gasteiger partial charge in [-0.1, -0.05) is 88.7 Å². The quantitative estimate of drug-likeness (QED) is 0.458. The largest absolute Gasteiger partial charge is 0.353 e. The number of halogens is 1. The molecule has 0 saturated carbocycles. The summed E-state index contributed by atoms with van der Waals surface area (Å²) in [6.45, 7) is 3.49. The van der Waals surface area contributed by atoms with E-state index in [0.29, 0.717) is 0 Å². The molecule has 2 amide bonds. The molecule has 0 bridgehead atoms. The summed E-state index contributed by atoms with van der Waals surface area (Å²) in [6, 6.07) is 27.5. The Morgan fingerprint density at radius 3 is 1.77 bits per heavy atom. The van der Waals surface area contributed by atoms with Gasteiger partial charge in [-0.05, 0) is 35.7 Å². The molecule has 2 atom stereocenters. The summed E-state index contributed by atoms with van der Waals surface area (Å²) in [6.07, 6.45) is 0.169. The van der Waals surface area contributed by atoms with Gasteiger partial charge in [-0.2, -0.15) is 0 Å². The van der Waals surface area contributed by atoms with Crippen molar-refractivity contribution in [2.75, 3.05) is 0 Å². The number of carbonyl (C=O) groups excluding carboxylic acids is 2. The third-order valence-electron chi connectivity index (χ3n) is 5.25. The van der Waals surface area contributed by atoms with E-state index < -0.39 is 0 Å². The van der Waals surface area contributed by atoms with Crippen LogP contribution in [0.1, 0.15) is 48.9 Å². The molecule has 31 heavy (non-hydrogen) atoms. The van der Waals surface area contributed by atoms with Crippen LogP contribution in [0.5, 0.6) is 0 Å². The first-order valence-corrected chi connectivity index (χ1v) is 11.1. The molecule has 3 aromatic carbocycles. The van der Waals surface area contributed by atoms with Gasteiger partial charge in [0.15, 0.2) is 0 Å². The number of carbonyl (C=O) groups is 2. The maximum atomic E-state index is 13.0. The van der Waals surface area contributed by atoms with Crippen LogP contribution in [0.2, 0.25) is 0 Å². The molecule has 5 heteroatoms. The Balaban J connectivity index is 1.77. The minimum atomic E-state index is -0.385.